The molecule has 1 aliphatic heterocycles. The first-order chi connectivity index (χ1) is 9.99. The normalized spacial score (nSPS) is 18.4. The van der Waals surface area contributed by atoms with Gasteiger partial charge in [-0.3, -0.25) is 14.5 Å². The van der Waals surface area contributed by atoms with Gasteiger partial charge in [-0.25, -0.2) is 0 Å². The summed E-state index contributed by atoms with van der Waals surface area (Å²) in [5, 5.41) is 2.78. The van der Waals surface area contributed by atoms with Gasteiger partial charge in [0.15, 0.2) is 0 Å². The zero-order valence-corrected chi connectivity index (χ0v) is 12.4. The lowest BCUT2D eigenvalue weighted by Gasteiger charge is -2.21. The molecule has 7 heteroatoms. The molecule has 0 radical (unpaired) electrons. The molecular weight excluding hydrogens is 288 g/mol. The number of thiocarbonyl (C=S) groups is 1. The first-order valence-electron chi connectivity index (χ1n) is 6.71. The molecule has 2 amide bonds. The summed E-state index contributed by atoms with van der Waals surface area (Å²) in [6, 6.07) is 6.72. The number of carbonyl (C=O) groups excluding carboxylic acids is 2. The lowest BCUT2D eigenvalue weighted by atomic mass is 10.1. The zero-order chi connectivity index (χ0) is 15.4. The molecule has 0 bridgehead atoms. The van der Waals surface area contributed by atoms with Crippen LogP contribution >= 0.6 is 12.2 Å². The summed E-state index contributed by atoms with van der Waals surface area (Å²) >= 11 is 4.95. The summed E-state index contributed by atoms with van der Waals surface area (Å²) in [6.45, 7) is 0.817. The van der Waals surface area contributed by atoms with Crippen LogP contribution < -0.4 is 16.8 Å². The molecule has 0 aromatic heterocycles. The Bertz CT molecular complexity index is 576. The molecule has 0 aliphatic carbocycles. The average molecular weight is 306 g/mol. The average Bonchev–Trinajstić information content (AvgIpc) is 2.87. The molecule has 5 N–H and O–H groups in total. The fourth-order valence-corrected chi connectivity index (χ4v) is 2.70. The highest BCUT2D eigenvalue weighted by molar-refractivity contribution is 7.80. The van der Waals surface area contributed by atoms with Crippen LogP contribution in [0, 0.1) is 0 Å². The number of anilines is 1. The Balaban J connectivity index is 2.02. The summed E-state index contributed by atoms with van der Waals surface area (Å²) in [5.41, 5.74) is 12.2. The molecule has 1 unspecified atom stereocenters. The van der Waals surface area contributed by atoms with E-state index < -0.39 is 0 Å². The van der Waals surface area contributed by atoms with E-state index in [-0.39, 0.29) is 29.4 Å². The molecule has 0 saturated carbocycles. The number of carbonyl (C=O) groups is 2. The van der Waals surface area contributed by atoms with Crippen LogP contribution in [0.3, 0.4) is 0 Å². The van der Waals surface area contributed by atoms with Gasteiger partial charge in [0, 0.05) is 5.56 Å². The van der Waals surface area contributed by atoms with Crippen LogP contribution in [-0.2, 0) is 9.59 Å². The lowest BCUT2D eigenvalue weighted by Crippen LogP contribution is -2.43. The van der Waals surface area contributed by atoms with Crippen molar-refractivity contribution >= 4 is 34.7 Å². The molecule has 1 aromatic rings. The Morgan fingerprint density at radius 3 is 2.71 bits per heavy atom. The Hall–Kier alpha value is -1.99. The second-order valence-electron chi connectivity index (χ2n) is 4.99. The van der Waals surface area contributed by atoms with E-state index in [1.807, 2.05) is 0 Å². The number of hydrogen-bond acceptors (Lipinski definition) is 4. The topological polar surface area (TPSA) is 101 Å². The smallest absolute Gasteiger partial charge is 0.238 e. The van der Waals surface area contributed by atoms with Crippen LogP contribution in [0.5, 0.6) is 0 Å². The van der Waals surface area contributed by atoms with E-state index in [2.05, 4.69) is 5.32 Å². The van der Waals surface area contributed by atoms with Gasteiger partial charge in [0.1, 0.15) is 4.99 Å². The second-order valence-corrected chi connectivity index (χ2v) is 5.43. The molecule has 0 spiro atoms. The van der Waals surface area contributed by atoms with Crippen LogP contribution in [0.4, 0.5) is 5.69 Å². The van der Waals surface area contributed by atoms with E-state index in [4.69, 9.17) is 23.7 Å². The Morgan fingerprint density at radius 1 is 1.33 bits per heavy atom. The highest BCUT2D eigenvalue weighted by Crippen LogP contribution is 2.18. The van der Waals surface area contributed by atoms with Gasteiger partial charge in [0.05, 0.1) is 18.3 Å². The summed E-state index contributed by atoms with van der Waals surface area (Å²) in [5.74, 6) is -0.601. The predicted molar refractivity (Wildman–Crippen MR) is 84.7 cm³/mol. The zero-order valence-electron chi connectivity index (χ0n) is 11.5. The first-order valence-corrected chi connectivity index (χ1v) is 7.12. The third-order valence-electron chi connectivity index (χ3n) is 3.51. The number of rotatable bonds is 5. The largest absolute Gasteiger partial charge is 0.389 e. The molecule has 1 saturated heterocycles. The number of primary amides is 1. The number of hydrogen-bond donors (Lipinski definition) is 3. The molecule has 1 atom stereocenters. The number of nitrogens with zero attached hydrogens (tertiary/aromatic N) is 1. The predicted octanol–water partition coefficient (Wildman–Crippen LogP) is 0.209. The third kappa shape index (κ3) is 3.77. The van der Waals surface area contributed by atoms with Crippen molar-refractivity contribution in [2.45, 2.75) is 18.9 Å². The molecule has 21 heavy (non-hydrogen) atoms. The molecule has 1 aliphatic rings. The third-order valence-corrected chi connectivity index (χ3v) is 3.73. The summed E-state index contributed by atoms with van der Waals surface area (Å²) in [7, 11) is 0. The van der Waals surface area contributed by atoms with Gasteiger partial charge in [-0.2, -0.15) is 0 Å². The maximum atomic E-state index is 12.1. The lowest BCUT2D eigenvalue weighted by molar-refractivity contribution is -0.123. The minimum atomic E-state index is -0.385. The standard InChI is InChI=1S/C14H18N4O2S/c15-13(20)11-6-3-7-18(11)8-12(19)17-10-5-2-1-4-9(10)14(16)21/h1-2,4-5,11H,3,6-8H2,(H2,15,20)(H2,16,21)(H,17,19). The fourth-order valence-electron chi connectivity index (χ4n) is 2.52. The number of para-hydroxylation sites is 1. The van der Waals surface area contributed by atoms with E-state index in [0.29, 0.717) is 24.2 Å². The second kappa shape index (κ2) is 6.64. The SMILES string of the molecule is NC(=O)C1CCCN1CC(=O)Nc1ccccc1C(N)=S. The van der Waals surface area contributed by atoms with Crippen LogP contribution in [0.25, 0.3) is 0 Å². The first kappa shape index (κ1) is 15.4. The maximum Gasteiger partial charge on any atom is 0.238 e. The quantitative estimate of drug-likeness (QED) is 0.675. The highest BCUT2D eigenvalue weighted by atomic mass is 32.1. The van der Waals surface area contributed by atoms with E-state index in [1.54, 1.807) is 29.2 Å². The summed E-state index contributed by atoms with van der Waals surface area (Å²) in [6.07, 6.45) is 1.57. The molecular formula is C14H18N4O2S. The Labute approximate surface area is 128 Å². The number of nitrogens with one attached hydrogen (secondary N) is 1. The van der Waals surface area contributed by atoms with Gasteiger partial charge in [-0.15, -0.1) is 0 Å². The minimum absolute atomic E-state index is 0.124. The fraction of sp³-hybridized carbons (Fsp3) is 0.357. The van der Waals surface area contributed by atoms with Crippen molar-refractivity contribution in [1.82, 2.24) is 4.90 Å². The van der Waals surface area contributed by atoms with Crippen molar-refractivity contribution in [2.24, 2.45) is 11.5 Å². The highest BCUT2D eigenvalue weighted by Gasteiger charge is 2.30. The van der Waals surface area contributed by atoms with Gasteiger partial charge < -0.3 is 16.8 Å². The van der Waals surface area contributed by atoms with Gasteiger partial charge in [-0.05, 0) is 31.5 Å². The van der Waals surface area contributed by atoms with Crippen molar-refractivity contribution in [3.63, 3.8) is 0 Å². The molecule has 1 fully saturated rings. The minimum Gasteiger partial charge on any atom is -0.389 e. The molecule has 1 heterocycles. The van der Waals surface area contributed by atoms with Crippen molar-refractivity contribution in [1.29, 1.82) is 0 Å². The van der Waals surface area contributed by atoms with Gasteiger partial charge in [-0.1, -0.05) is 24.4 Å². The summed E-state index contributed by atoms with van der Waals surface area (Å²) < 4.78 is 0. The maximum absolute atomic E-state index is 12.1. The van der Waals surface area contributed by atoms with Crippen LogP contribution in [0.1, 0.15) is 18.4 Å². The van der Waals surface area contributed by atoms with E-state index >= 15 is 0 Å². The van der Waals surface area contributed by atoms with Crippen LogP contribution in [-0.4, -0.2) is 40.8 Å². The van der Waals surface area contributed by atoms with E-state index in [9.17, 15) is 9.59 Å². The molecule has 6 nitrogen and oxygen atoms in total. The Morgan fingerprint density at radius 2 is 2.05 bits per heavy atom. The van der Waals surface area contributed by atoms with E-state index in [0.717, 1.165) is 6.42 Å². The van der Waals surface area contributed by atoms with E-state index in [1.165, 1.54) is 0 Å². The van der Waals surface area contributed by atoms with Crippen LogP contribution in [0.2, 0.25) is 0 Å². The molecule has 2 rings (SSSR count). The van der Waals surface area contributed by atoms with Crippen LogP contribution in [0.15, 0.2) is 24.3 Å². The van der Waals surface area contributed by atoms with Gasteiger partial charge in [0.25, 0.3) is 0 Å². The van der Waals surface area contributed by atoms with Gasteiger partial charge in [0.2, 0.25) is 11.8 Å². The number of nitrogens with two attached hydrogens (primary N) is 2. The van der Waals surface area contributed by atoms with Gasteiger partial charge >= 0.3 is 0 Å². The van der Waals surface area contributed by atoms with Crippen molar-refractivity contribution in [2.75, 3.05) is 18.4 Å². The number of likely N-dealkylation sites (tertiary alicyclic amines) is 1. The number of amides is 2. The van der Waals surface area contributed by atoms with Crippen molar-refractivity contribution in [3.8, 4) is 0 Å². The van der Waals surface area contributed by atoms with Crippen molar-refractivity contribution < 1.29 is 9.59 Å². The molecule has 112 valence electrons. The number of benzene rings is 1. The van der Waals surface area contributed by atoms with Crippen molar-refractivity contribution in [3.05, 3.63) is 29.8 Å². The summed E-state index contributed by atoms with van der Waals surface area (Å²) in [4.78, 5) is 25.4. The monoisotopic (exact) mass is 306 g/mol. The Kier molecular flexibility index (Phi) is 4.87. The molecule has 1 aromatic carbocycles.